The Bertz CT molecular complexity index is 494. The molecule has 1 saturated heterocycles. The van der Waals surface area contributed by atoms with E-state index in [2.05, 4.69) is 0 Å². The maximum absolute atomic E-state index is 13.5. The number of aliphatic carboxylic acids is 1. The lowest BCUT2D eigenvalue weighted by atomic mass is 9.91. The van der Waals surface area contributed by atoms with Crippen LogP contribution in [-0.4, -0.2) is 41.2 Å². The Morgan fingerprint density at radius 2 is 2.24 bits per heavy atom. The maximum Gasteiger partial charge on any atom is 0.324 e. The standard InChI is InChI=1S/C16H22FNO3/c1-2-8-16(15(19)20)9-5-10-18(16)11-12-21-14-7-4-3-6-13(14)17/h3-4,6-7H,2,5,8-12H2,1H3,(H,19,20). The van der Waals surface area contributed by atoms with Crippen LogP contribution in [0.25, 0.3) is 0 Å². The molecular formula is C16H22FNO3. The monoisotopic (exact) mass is 295 g/mol. The summed E-state index contributed by atoms with van der Waals surface area (Å²) >= 11 is 0. The van der Waals surface area contributed by atoms with E-state index >= 15 is 0 Å². The van der Waals surface area contributed by atoms with Gasteiger partial charge in [-0.25, -0.2) is 4.39 Å². The molecule has 5 heteroatoms. The molecule has 1 N–H and O–H groups in total. The summed E-state index contributed by atoms with van der Waals surface area (Å²) in [6, 6.07) is 6.26. The third-order valence-electron chi connectivity index (χ3n) is 4.14. The molecule has 1 heterocycles. The number of carbonyl (C=O) groups is 1. The molecule has 4 nitrogen and oxygen atoms in total. The molecular weight excluding hydrogens is 273 g/mol. The number of nitrogens with zero attached hydrogens (tertiary/aromatic N) is 1. The number of rotatable bonds is 7. The number of benzene rings is 1. The van der Waals surface area contributed by atoms with E-state index in [1.54, 1.807) is 18.2 Å². The number of carboxylic acid groups (broad SMARTS) is 1. The molecule has 0 amide bonds. The molecule has 1 unspecified atom stereocenters. The lowest BCUT2D eigenvalue weighted by molar-refractivity contribution is -0.150. The zero-order chi connectivity index (χ0) is 15.3. The van der Waals surface area contributed by atoms with Gasteiger partial charge in [0.15, 0.2) is 11.6 Å². The summed E-state index contributed by atoms with van der Waals surface area (Å²) in [4.78, 5) is 13.6. The van der Waals surface area contributed by atoms with Crippen molar-refractivity contribution < 1.29 is 19.0 Å². The fourth-order valence-electron chi connectivity index (χ4n) is 3.13. The minimum absolute atomic E-state index is 0.216. The van der Waals surface area contributed by atoms with Crippen molar-refractivity contribution >= 4 is 5.97 Å². The van der Waals surface area contributed by atoms with Crippen LogP contribution in [0.2, 0.25) is 0 Å². The summed E-state index contributed by atoms with van der Waals surface area (Å²) in [6.07, 6.45) is 3.03. The van der Waals surface area contributed by atoms with Crippen LogP contribution in [0.5, 0.6) is 5.75 Å². The first-order valence-electron chi connectivity index (χ1n) is 7.46. The minimum atomic E-state index is -0.770. The molecule has 0 aromatic heterocycles. The molecule has 0 saturated carbocycles. The van der Waals surface area contributed by atoms with Crippen LogP contribution in [0.1, 0.15) is 32.6 Å². The highest BCUT2D eigenvalue weighted by Crippen LogP contribution is 2.33. The Labute approximate surface area is 124 Å². The first kappa shape index (κ1) is 15.8. The number of hydrogen-bond donors (Lipinski definition) is 1. The van der Waals surface area contributed by atoms with Crippen molar-refractivity contribution in [3.8, 4) is 5.75 Å². The number of hydrogen-bond acceptors (Lipinski definition) is 3. The second-order valence-electron chi connectivity index (χ2n) is 5.46. The van der Waals surface area contributed by atoms with Crippen molar-refractivity contribution in [3.05, 3.63) is 30.1 Å². The third kappa shape index (κ3) is 3.35. The Morgan fingerprint density at radius 1 is 1.48 bits per heavy atom. The molecule has 0 bridgehead atoms. The molecule has 21 heavy (non-hydrogen) atoms. The molecule has 2 rings (SSSR count). The van der Waals surface area contributed by atoms with Gasteiger partial charge in [-0.05, 0) is 37.9 Å². The predicted molar refractivity (Wildman–Crippen MR) is 78.0 cm³/mol. The van der Waals surface area contributed by atoms with Gasteiger partial charge in [-0.15, -0.1) is 0 Å². The summed E-state index contributed by atoms with van der Waals surface area (Å²) in [5.74, 6) is -0.933. The first-order valence-corrected chi connectivity index (χ1v) is 7.46. The second kappa shape index (κ2) is 6.89. The summed E-state index contributed by atoms with van der Waals surface area (Å²) in [5.41, 5.74) is -0.770. The highest BCUT2D eigenvalue weighted by molar-refractivity contribution is 5.79. The lowest BCUT2D eigenvalue weighted by Crippen LogP contribution is -2.51. The quantitative estimate of drug-likeness (QED) is 0.840. The Morgan fingerprint density at radius 3 is 2.90 bits per heavy atom. The van der Waals surface area contributed by atoms with Crippen LogP contribution >= 0.6 is 0 Å². The molecule has 1 atom stereocenters. The van der Waals surface area contributed by atoms with Crippen LogP contribution in [-0.2, 0) is 4.79 Å². The smallest absolute Gasteiger partial charge is 0.324 e. The number of halogens is 1. The zero-order valence-electron chi connectivity index (χ0n) is 12.3. The third-order valence-corrected chi connectivity index (χ3v) is 4.14. The van der Waals surface area contributed by atoms with E-state index in [0.717, 1.165) is 19.4 Å². The molecule has 1 aliphatic rings. The summed E-state index contributed by atoms with van der Waals surface area (Å²) in [7, 11) is 0. The topological polar surface area (TPSA) is 49.8 Å². The zero-order valence-corrected chi connectivity index (χ0v) is 12.3. The summed E-state index contributed by atoms with van der Waals surface area (Å²) in [5, 5.41) is 9.58. The van der Waals surface area contributed by atoms with E-state index in [4.69, 9.17) is 4.74 Å². The van der Waals surface area contributed by atoms with E-state index in [9.17, 15) is 14.3 Å². The molecule has 1 aliphatic heterocycles. The van der Waals surface area contributed by atoms with Crippen molar-refractivity contribution in [1.29, 1.82) is 0 Å². The maximum atomic E-state index is 13.5. The van der Waals surface area contributed by atoms with Gasteiger partial charge in [0.05, 0.1) is 0 Å². The van der Waals surface area contributed by atoms with Gasteiger partial charge in [-0.3, -0.25) is 9.69 Å². The van der Waals surface area contributed by atoms with Crippen LogP contribution in [0.15, 0.2) is 24.3 Å². The van der Waals surface area contributed by atoms with Gasteiger partial charge in [-0.2, -0.15) is 0 Å². The van der Waals surface area contributed by atoms with Gasteiger partial charge in [0.2, 0.25) is 0 Å². The Balaban J connectivity index is 1.95. The number of para-hydroxylation sites is 1. The van der Waals surface area contributed by atoms with Gasteiger partial charge in [0.25, 0.3) is 0 Å². The minimum Gasteiger partial charge on any atom is -0.489 e. The van der Waals surface area contributed by atoms with Gasteiger partial charge in [0, 0.05) is 6.54 Å². The number of ether oxygens (including phenoxy) is 1. The highest BCUT2D eigenvalue weighted by atomic mass is 19.1. The largest absolute Gasteiger partial charge is 0.489 e. The lowest BCUT2D eigenvalue weighted by Gasteiger charge is -2.34. The highest BCUT2D eigenvalue weighted by Gasteiger charge is 2.46. The van der Waals surface area contributed by atoms with Gasteiger partial charge in [0.1, 0.15) is 12.1 Å². The van der Waals surface area contributed by atoms with E-state index in [0.29, 0.717) is 26.0 Å². The molecule has 0 radical (unpaired) electrons. The van der Waals surface area contributed by atoms with Crippen LogP contribution < -0.4 is 4.74 Å². The first-order chi connectivity index (χ1) is 10.1. The van der Waals surface area contributed by atoms with Crippen LogP contribution in [0.4, 0.5) is 4.39 Å². The SMILES string of the molecule is CCCC1(C(=O)O)CCCN1CCOc1ccccc1F. The van der Waals surface area contributed by atoms with Crippen molar-refractivity contribution in [3.63, 3.8) is 0 Å². The van der Waals surface area contributed by atoms with Gasteiger partial charge in [-0.1, -0.05) is 25.5 Å². The molecule has 116 valence electrons. The number of carboxylic acids is 1. The second-order valence-corrected chi connectivity index (χ2v) is 5.46. The molecule has 1 aromatic carbocycles. The molecule has 0 aliphatic carbocycles. The number of likely N-dealkylation sites (tertiary alicyclic amines) is 1. The van der Waals surface area contributed by atoms with Gasteiger partial charge >= 0.3 is 5.97 Å². The van der Waals surface area contributed by atoms with Crippen LogP contribution in [0, 0.1) is 5.82 Å². The Kier molecular flexibility index (Phi) is 5.17. The predicted octanol–water partition coefficient (Wildman–Crippen LogP) is 2.92. The van der Waals surface area contributed by atoms with Crippen molar-refractivity contribution in [2.24, 2.45) is 0 Å². The molecule has 1 fully saturated rings. The van der Waals surface area contributed by atoms with Gasteiger partial charge < -0.3 is 9.84 Å². The van der Waals surface area contributed by atoms with Crippen molar-refractivity contribution in [2.75, 3.05) is 19.7 Å². The van der Waals surface area contributed by atoms with Crippen molar-refractivity contribution in [2.45, 2.75) is 38.1 Å². The van der Waals surface area contributed by atoms with E-state index in [-0.39, 0.29) is 5.75 Å². The van der Waals surface area contributed by atoms with E-state index in [1.807, 2.05) is 11.8 Å². The van der Waals surface area contributed by atoms with Crippen molar-refractivity contribution in [1.82, 2.24) is 4.90 Å². The summed E-state index contributed by atoms with van der Waals surface area (Å²) in [6.45, 7) is 3.55. The Hall–Kier alpha value is -1.62. The van der Waals surface area contributed by atoms with E-state index < -0.39 is 17.3 Å². The fourth-order valence-corrected chi connectivity index (χ4v) is 3.13. The average Bonchev–Trinajstić information content (AvgIpc) is 2.86. The molecule has 0 spiro atoms. The summed E-state index contributed by atoms with van der Waals surface area (Å²) < 4.78 is 18.9. The average molecular weight is 295 g/mol. The molecule has 1 aromatic rings. The normalized spacial score (nSPS) is 22.4. The van der Waals surface area contributed by atoms with Crippen LogP contribution in [0.3, 0.4) is 0 Å². The van der Waals surface area contributed by atoms with E-state index in [1.165, 1.54) is 6.07 Å². The fraction of sp³-hybridized carbons (Fsp3) is 0.562.